The summed E-state index contributed by atoms with van der Waals surface area (Å²) in [6.07, 6.45) is 2.98. The van der Waals surface area contributed by atoms with Gasteiger partial charge in [0.25, 0.3) is 0 Å². The molecule has 3 rings (SSSR count). The van der Waals surface area contributed by atoms with Gasteiger partial charge in [-0.15, -0.1) is 0 Å². The van der Waals surface area contributed by atoms with E-state index in [9.17, 15) is 14.0 Å². The van der Waals surface area contributed by atoms with Gasteiger partial charge in [-0.2, -0.15) is 0 Å². The number of carbonyl (C=O) groups is 2. The van der Waals surface area contributed by atoms with E-state index in [1.807, 2.05) is 61.5 Å². The largest absolute Gasteiger partial charge is 0.354 e. The first-order chi connectivity index (χ1) is 17.0. The zero-order valence-electron chi connectivity index (χ0n) is 20.7. The molecule has 35 heavy (non-hydrogen) atoms. The van der Waals surface area contributed by atoms with Crippen molar-refractivity contribution in [3.63, 3.8) is 0 Å². The van der Waals surface area contributed by atoms with Crippen molar-refractivity contribution in [2.24, 2.45) is 0 Å². The van der Waals surface area contributed by atoms with Crippen LogP contribution >= 0.6 is 0 Å². The number of amides is 2. The van der Waals surface area contributed by atoms with E-state index >= 15 is 0 Å². The first kappa shape index (κ1) is 26.1. The molecular weight excluding hydrogens is 439 g/mol. The second-order valence-corrected chi connectivity index (χ2v) is 8.95. The van der Waals surface area contributed by atoms with Gasteiger partial charge in [0, 0.05) is 31.5 Å². The summed E-state index contributed by atoms with van der Waals surface area (Å²) >= 11 is 0. The highest BCUT2D eigenvalue weighted by Crippen LogP contribution is 2.18. The topological polar surface area (TPSA) is 49.4 Å². The van der Waals surface area contributed by atoms with Gasteiger partial charge in [-0.3, -0.25) is 9.59 Å². The summed E-state index contributed by atoms with van der Waals surface area (Å²) in [5.74, 6) is -0.753. The van der Waals surface area contributed by atoms with Gasteiger partial charge in [-0.05, 0) is 37.0 Å². The number of halogens is 1. The lowest BCUT2D eigenvalue weighted by Crippen LogP contribution is -2.50. The van der Waals surface area contributed by atoms with Crippen molar-refractivity contribution in [3.8, 4) is 0 Å². The van der Waals surface area contributed by atoms with Crippen LogP contribution in [0.1, 0.15) is 48.4 Å². The first-order valence-electron chi connectivity index (χ1n) is 12.4. The fourth-order valence-electron chi connectivity index (χ4n) is 4.02. The highest BCUT2D eigenvalue weighted by atomic mass is 19.1. The SMILES string of the molecule is CCCCNC(=O)[C@@H](Cc1ccccc1)N(Cc1ccccc1F)C(=O)CCc1ccc(C)cc1. The summed E-state index contributed by atoms with van der Waals surface area (Å²) in [5, 5.41) is 2.99. The normalized spacial score (nSPS) is 11.6. The molecule has 0 radical (unpaired) electrons. The van der Waals surface area contributed by atoms with Crippen molar-refractivity contribution in [1.82, 2.24) is 10.2 Å². The van der Waals surface area contributed by atoms with E-state index < -0.39 is 6.04 Å². The molecule has 0 unspecified atom stereocenters. The average molecular weight is 475 g/mol. The Morgan fingerprint density at radius 1 is 0.914 bits per heavy atom. The molecule has 5 heteroatoms. The third kappa shape index (κ3) is 8.06. The molecule has 0 aromatic heterocycles. The molecule has 2 amide bonds. The summed E-state index contributed by atoms with van der Waals surface area (Å²) in [5.41, 5.74) is 3.57. The van der Waals surface area contributed by atoms with Crippen LogP contribution < -0.4 is 5.32 Å². The quantitative estimate of drug-likeness (QED) is 0.346. The third-order valence-electron chi connectivity index (χ3n) is 6.15. The number of nitrogens with one attached hydrogen (secondary N) is 1. The predicted molar refractivity (Wildman–Crippen MR) is 138 cm³/mol. The fraction of sp³-hybridized carbons (Fsp3) is 0.333. The number of rotatable bonds is 12. The van der Waals surface area contributed by atoms with Crippen LogP contribution in [0.2, 0.25) is 0 Å². The molecule has 0 aliphatic carbocycles. The maximum absolute atomic E-state index is 14.6. The van der Waals surface area contributed by atoms with Crippen LogP contribution in [-0.2, 0) is 29.0 Å². The van der Waals surface area contributed by atoms with Gasteiger partial charge < -0.3 is 10.2 Å². The lowest BCUT2D eigenvalue weighted by molar-refractivity contribution is -0.141. The Morgan fingerprint density at radius 3 is 2.29 bits per heavy atom. The van der Waals surface area contributed by atoms with Gasteiger partial charge in [0.1, 0.15) is 11.9 Å². The van der Waals surface area contributed by atoms with Crippen molar-refractivity contribution in [3.05, 3.63) is 107 Å². The molecule has 0 aliphatic rings. The van der Waals surface area contributed by atoms with Crippen LogP contribution in [0.5, 0.6) is 0 Å². The Balaban J connectivity index is 1.88. The number of unbranched alkanes of at least 4 members (excludes halogenated alkanes) is 1. The number of hydrogen-bond acceptors (Lipinski definition) is 2. The number of benzene rings is 3. The minimum Gasteiger partial charge on any atom is -0.354 e. The van der Waals surface area contributed by atoms with E-state index in [0.717, 1.165) is 29.5 Å². The van der Waals surface area contributed by atoms with Crippen LogP contribution in [0, 0.1) is 12.7 Å². The van der Waals surface area contributed by atoms with Crippen molar-refractivity contribution in [2.75, 3.05) is 6.54 Å². The summed E-state index contributed by atoms with van der Waals surface area (Å²) in [4.78, 5) is 28.5. The Morgan fingerprint density at radius 2 is 1.60 bits per heavy atom. The Kier molecular flexibility index (Phi) is 10.0. The van der Waals surface area contributed by atoms with Crippen LogP contribution in [0.4, 0.5) is 4.39 Å². The lowest BCUT2D eigenvalue weighted by atomic mass is 10.0. The number of hydrogen-bond donors (Lipinski definition) is 1. The molecule has 0 heterocycles. The highest BCUT2D eigenvalue weighted by Gasteiger charge is 2.30. The molecule has 1 N–H and O–H groups in total. The Hall–Kier alpha value is -3.47. The molecule has 184 valence electrons. The third-order valence-corrected chi connectivity index (χ3v) is 6.15. The highest BCUT2D eigenvalue weighted by molar-refractivity contribution is 5.88. The van der Waals surface area contributed by atoms with Crippen LogP contribution in [0.25, 0.3) is 0 Å². The molecule has 0 saturated carbocycles. The molecule has 0 bridgehead atoms. The molecule has 0 aliphatic heterocycles. The van der Waals surface area contributed by atoms with Crippen LogP contribution in [-0.4, -0.2) is 29.3 Å². The minimum atomic E-state index is -0.737. The average Bonchev–Trinajstić information content (AvgIpc) is 2.87. The Bertz CT molecular complexity index is 1080. The summed E-state index contributed by atoms with van der Waals surface area (Å²) in [6.45, 7) is 4.67. The maximum atomic E-state index is 14.6. The van der Waals surface area contributed by atoms with Gasteiger partial charge >= 0.3 is 0 Å². The van der Waals surface area contributed by atoms with E-state index in [1.165, 1.54) is 6.07 Å². The van der Waals surface area contributed by atoms with Gasteiger partial charge in [0.05, 0.1) is 0 Å². The summed E-state index contributed by atoms with van der Waals surface area (Å²) < 4.78 is 14.6. The zero-order valence-corrected chi connectivity index (χ0v) is 20.7. The molecule has 1 atom stereocenters. The standard InChI is InChI=1S/C30H35FN2O2/c1-3-4-20-32-30(35)28(21-25-10-6-5-7-11-25)33(22-26-12-8-9-13-27(26)31)29(34)19-18-24-16-14-23(2)15-17-24/h5-17,28H,3-4,18-22H2,1-2H3,(H,32,35)/t28-/m1/s1. The first-order valence-corrected chi connectivity index (χ1v) is 12.4. The smallest absolute Gasteiger partial charge is 0.243 e. The van der Waals surface area contributed by atoms with Crippen molar-refractivity contribution in [2.45, 2.75) is 58.5 Å². The van der Waals surface area contributed by atoms with E-state index in [0.29, 0.717) is 24.9 Å². The van der Waals surface area contributed by atoms with Crippen molar-refractivity contribution < 1.29 is 14.0 Å². The molecule has 4 nitrogen and oxygen atoms in total. The lowest BCUT2D eigenvalue weighted by Gasteiger charge is -2.32. The second-order valence-electron chi connectivity index (χ2n) is 8.95. The molecule has 0 saturated heterocycles. The van der Waals surface area contributed by atoms with Crippen LogP contribution in [0.3, 0.4) is 0 Å². The molecular formula is C30H35FN2O2. The number of nitrogens with zero attached hydrogens (tertiary/aromatic N) is 1. The van der Waals surface area contributed by atoms with E-state index in [4.69, 9.17) is 0 Å². The van der Waals surface area contributed by atoms with E-state index in [1.54, 1.807) is 23.1 Å². The second kappa shape index (κ2) is 13.4. The van der Waals surface area contributed by atoms with Crippen LogP contribution in [0.15, 0.2) is 78.9 Å². The molecule has 3 aromatic carbocycles. The van der Waals surface area contributed by atoms with Gasteiger partial charge in [0.15, 0.2) is 0 Å². The summed E-state index contributed by atoms with van der Waals surface area (Å²) in [7, 11) is 0. The minimum absolute atomic E-state index is 0.0398. The van der Waals surface area contributed by atoms with Crippen molar-refractivity contribution >= 4 is 11.8 Å². The van der Waals surface area contributed by atoms with Crippen molar-refractivity contribution in [1.29, 1.82) is 0 Å². The van der Waals surface area contributed by atoms with Gasteiger partial charge in [-0.25, -0.2) is 4.39 Å². The van der Waals surface area contributed by atoms with E-state index in [-0.39, 0.29) is 30.6 Å². The number of aryl methyl sites for hydroxylation is 2. The van der Waals surface area contributed by atoms with E-state index in [2.05, 4.69) is 12.2 Å². The molecule has 0 spiro atoms. The van der Waals surface area contributed by atoms with Gasteiger partial charge in [-0.1, -0.05) is 91.7 Å². The molecule has 0 fully saturated rings. The van der Waals surface area contributed by atoms with Gasteiger partial charge in [0.2, 0.25) is 11.8 Å². The monoisotopic (exact) mass is 474 g/mol. The Labute approximate surface area is 208 Å². The maximum Gasteiger partial charge on any atom is 0.243 e. The predicted octanol–water partition coefficient (Wildman–Crippen LogP) is 5.62. The zero-order chi connectivity index (χ0) is 25.0. The molecule has 3 aromatic rings. The number of carbonyl (C=O) groups excluding carboxylic acids is 2. The summed E-state index contributed by atoms with van der Waals surface area (Å²) in [6, 6.07) is 23.4. The fourth-order valence-corrected chi connectivity index (χ4v) is 4.02.